The average molecular weight is 531 g/mol. The molecule has 3 rings (SSSR count). The van der Waals surface area contributed by atoms with Gasteiger partial charge in [0.05, 0.1) is 17.3 Å². The monoisotopic (exact) mass is 530 g/mol. The summed E-state index contributed by atoms with van der Waals surface area (Å²) in [6.45, 7) is 3.56. The molecule has 0 spiro atoms. The molecule has 0 radical (unpaired) electrons. The summed E-state index contributed by atoms with van der Waals surface area (Å²) in [7, 11) is 0. The summed E-state index contributed by atoms with van der Waals surface area (Å²) in [4.78, 5) is 26.2. The number of carbonyl (C=O) groups excluding carboxylic acids is 1. The maximum atomic E-state index is 13.1. The summed E-state index contributed by atoms with van der Waals surface area (Å²) in [6.07, 6.45) is 8.08. The summed E-state index contributed by atoms with van der Waals surface area (Å²) < 4.78 is 11.2. The molecule has 37 heavy (non-hydrogen) atoms. The standard InChI is InChI=1S/C29H39ClN2O5/c1-2-36-27(28(33)34)21-23-14-16-24(17-15-23)37-20-19-32(18-8-11-22-9-4-3-5-10-22)29(35)31-26-13-7-6-12-25(26)30/h6-7,12-17,22,27H,2-5,8-11,18-21H2,1H3,(H,31,35)(H,33,34). The van der Waals surface area contributed by atoms with Crippen LogP contribution in [-0.4, -0.2) is 54.4 Å². The lowest BCUT2D eigenvalue weighted by Gasteiger charge is -2.26. The second-order valence-electron chi connectivity index (χ2n) is 9.52. The van der Waals surface area contributed by atoms with Crippen LogP contribution in [0.25, 0.3) is 0 Å². The number of carboxylic acids is 1. The molecule has 7 nitrogen and oxygen atoms in total. The molecule has 2 aromatic rings. The van der Waals surface area contributed by atoms with E-state index in [2.05, 4.69) is 5.32 Å². The van der Waals surface area contributed by atoms with Gasteiger partial charge in [-0.3, -0.25) is 0 Å². The van der Waals surface area contributed by atoms with Crippen molar-refractivity contribution < 1.29 is 24.2 Å². The fraction of sp³-hybridized carbons (Fsp3) is 0.517. The Morgan fingerprint density at radius 2 is 1.81 bits per heavy atom. The summed E-state index contributed by atoms with van der Waals surface area (Å²) in [6, 6.07) is 14.4. The van der Waals surface area contributed by atoms with Crippen molar-refractivity contribution in [1.29, 1.82) is 0 Å². The number of urea groups is 1. The maximum Gasteiger partial charge on any atom is 0.333 e. The number of amides is 2. The predicted molar refractivity (Wildman–Crippen MR) is 147 cm³/mol. The first kappa shape index (κ1) is 28.8. The van der Waals surface area contributed by atoms with Crippen LogP contribution in [0.4, 0.5) is 10.5 Å². The SMILES string of the molecule is CCOC(Cc1ccc(OCCN(CCCC2CCCCC2)C(=O)Nc2ccccc2Cl)cc1)C(=O)O. The first-order chi connectivity index (χ1) is 18.0. The van der Waals surface area contributed by atoms with E-state index < -0.39 is 12.1 Å². The van der Waals surface area contributed by atoms with E-state index in [0.29, 0.717) is 49.2 Å². The van der Waals surface area contributed by atoms with Crippen molar-refractivity contribution in [2.75, 3.05) is 31.6 Å². The quantitative estimate of drug-likeness (QED) is 0.285. The minimum absolute atomic E-state index is 0.189. The first-order valence-corrected chi connectivity index (χ1v) is 13.7. The second-order valence-corrected chi connectivity index (χ2v) is 9.93. The molecule has 0 bridgehead atoms. The number of rotatable bonds is 14. The highest BCUT2D eigenvalue weighted by molar-refractivity contribution is 6.33. The third kappa shape index (κ3) is 9.90. The number of para-hydroxylation sites is 1. The van der Waals surface area contributed by atoms with Gasteiger partial charge in [-0.2, -0.15) is 0 Å². The highest BCUT2D eigenvalue weighted by Crippen LogP contribution is 2.27. The fourth-order valence-corrected chi connectivity index (χ4v) is 4.93. The molecule has 1 aliphatic rings. The molecule has 0 aromatic heterocycles. The molecule has 2 aromatic carbocycles. The van der Waals surface area contributed by atoms with Gasteiger partial charge in [0.1, 0.15) is 12.4 Å². The van der Waals surface area contributed by atoms with Crippen LogP contribution < -0.4 is 10.1 Å². The molecule has 1 unspecified atom stereocenters. The number of benzene rings is 2. The van der Waals surface area contributed by atoms with Crippen LogP contribution in [-0.2, 0) is 16.0 Å². The summed E-state index contributed by atoms with van der Waals surface area (Å²) in [5.41, 5.74) is 1.45. The van der Waals surface area contributed by atoms with Crippen molar-refractivity contribution in [2.24, 2.45) is 5.92 Å². The Kier molecular flexibility index (Phi) is 12.0. The molecular formula is C29H39ClN2O5. The molecule has 1 fully saturated rings. The zero-order valence-electron chi connectivity index (χ0n) is 21.7. The van der Waals surface area contributed by atoms with Crippen LogP contribution in [0.2, 0.25) is 5.02 Å². The lowest BCUT2D eigenvalue weighted by atomic mass is 9.86. The van der Waals surface area contributed by atoms with Crippen LogP contribution in [0.1, 0.15) is 57.4 Å². The topological polar surface area (TPSA) is 88.1 Å². The molecule has 2 N–H and O–H groups in total. The molecule has 202 valence electrons. The smallest absolute Gasteiger partial charge is 0.333 e. The maximum absolute atomic E-state index is 13.1. The Balaban J connectivity index is 1.53. The Morgan fingerprint density at radius 1 is 1.08 bits per heavy atom. The number of anilines is 1. The predicted octanol–water partition coefficient (Wildman–Crippen LogP) is 6.65. The van der Waals surface area contributed by atoms with E-state index in [4.69, 9.17) is 21.1 Å². The molecule has 0 aliphatic heterocycles. The van der Waals surface area contributed by atoms with E-state index in [1.165, 1.54) is 32.1 Å². The van der Waals surface area contributed by atoms with Crippen molar-refractivity contribution >= 4 is 29.3 Å². The summed E-state index contributed by atoms with van der Waals surface area (Å²) in [5, 5.41) is 12.7. The van der Waals surface area contributed by atoms with Gasteiger partial charge in [0, 0.05) is 19.6 Å². The van der Waals surface area contributed by atoms with Crippen LogP contribution in [0.3, 0.4) is 0 Å². The normalized spacial score (nSPS) is 14.6. The summed E-state index contributed by atoms with van der Waals surface area (Å²) >= 11 is 6.24. The highest BCUT2D eigenvalue weighted by Gasteiger charge is 2.19. The van der Waals surface area contributed by atoms with Crippen LogP contribution in [0.5, 0.6) is 5.75 Å². The highest BCUT2D eigenvalue weighted by atomic mass is 35.5. The van der Waals surface area contributed by atoms with Crippen LogP contribution in [0, 0.1) is 5.92 Å². The Labute approximate surface area is 225 Å². The minimum Gasteiger partial charge on any atom is -0.492 e. The number of nitrogens with one attached hydrogen (secondary N) is 1. The molecule has 1 saturated carbocycles. The molecule has 1 atom stereocenters. The van der Waals surface area contributed by atoms with Gasteiger partial charge >= 0.3 is 12.0 Å². The van der Waals surface area contributed by atoms with Crippen molar-refractivity contribution in [1.82, 2.24) is 4.90 Å². The number of nitrogens with zero attached hydrogens (tertiary/aromatic N) is 1. The number of hydrogen-bond acceptors (Lipinski definition) is 4. The van der Waals surface area contributed by atoms with E-state index in [9.17, 15) is 14.7 Å². The first-order valence-electron chi connectivity index (χ1n) is 13.3. The number of hydrogen-bond donors (Lipinski definition) is 2. The van der Waals surface area contributed by atoms with E-state index in [1.807, 2.05) is 36.4 Å². The number of halogens is 1. The van der Waals surface area contributed by atoms with Crippen molar-refractivity contribution in [3.05, 3.63) is 59.1 Å². The van der Waals surface area contributed by atoms with E-state index in [1.54, 1.807) is 24.0 Å². The third-order valence-electron chi connectivity index (χ3n) is 6.79. The van der Waals surface area contributed by atoms with Gasteiger partial charge in [0.2, 0.25) is 0 Å². The summed E-state index contributed by atoms with van der Waals surface area (Å²) in [5.74, 6) is 0.460. The van der Waals surface area contributed by atoms with Gasteiger partial charge in [-0.25, -0.2) is 9.59 Å². The number of carboxylic acid groups (broad SMARTS) is 1. The Bertz CT molecular complexity index is 979. The van der Waals surface area contributed by atoms with E-state index in [-0.39, 0.29) is 6.03 Å². The van der Waals surface area contributed by atoms with Crippen molar-refractivity contribution in [3.8, 4) is 5.75 Å². The average Bonchev–Trinajstić information content (AvgIpc) is 2.90. The third-order valence-corrected chi connectivity index (χ3v) is 7.12. The van der Waals surface area contributed by atoms with E-state index >= 15 is 0 Å². The lowest BCUT2D eigenvalue weighted by molar-refractivity contribution is -0.149. The molecule has 8 heteroatoms. The van der Waals surface area contributed by atoms with Gasteiger partial charge in [0.15, 0.2) is 6.10 Å². The van der Waals surface area contributed by atoms with Crippen LogP contribution in [0.15, 0.2) is 48.5 Å². The van der Waals surface area contributed by atoms with Gasteiger partial charge in [-0.05, 0) is 55.5 Å². The van der Waals surface area contributed by atoms with Crippen LogP contribution >= 0.6 is 11.6 Å². The van der Waals surface area contributed by atoms with Crippen molar-refractivity contribution in [2.45, 2.75) is 64.4 Å². The van der Waals surface area contributed by atoms with Crippen molar-refractivity contribution in [3.63, 3.8) is 0 Å². The van der Waals surface area contributed by atoms with Gasteiger partial charge in [-0.1, -0.05) is 68.0 Å². The Morgan fingerprint density at radius 3 is 2.49 bits per heavy atom. The lowest BCUT2D eigenvalue weighted by Crippen LogP contribution is -2.38. The zero-order valence-corrected chi connectivity index (χ0v) is 22.4. The van der Waals surface area contributed by atoms with Gasteiger partial charge < -0.3 is 24.8 Å². The molecule has 1 aliphatic carbocycles. The number of aliphatic carboxylic acids is 1. The van der Waals surface area contributed by atoms with Gasteiger partial charge in [0.25, 0.3) is 0 Å². The molecular weight excluding hydrogens is 492 g/mol. The Hall–Kier alpha value is -2.77. The number of carbonyl (C=O) groups is 2. The fourth-order valence-electron chi connectivity index (χ4n) is 4.75. The second kappa shape index (κ2) is 15.5. The number of ether oxygens (including phenoxy) is 2. The molecule has 0 heterocycles. The molecule has 2 amide bonds. The molecule has 0 saturated heterocycles. The zero-order chi connectivity index (χ0) is 26.5. The van der Waals surface area contributed by atoms with Gasteiger partial charge in [-0.15, -0.1) is 0 Å². The largest absolute Gasteiger partial charge is 0.492 e. The van der Waals surface area contributed by atoms with E-state index in [0.717, 1.165) is 24.3 Å². The minimum atomic E-state index is -0.971.